The van der Waals surface area contributed by atoms with Crippen molar-refractivity contribution in [2.24, 2.45) is 5.92 Å². The molecule has 1 amide bonds. The lowest BCUT2D eigenvalue weighted by atomic mass is 9.88. The fourth-order valence-electron chi connectivity index (χ4n) is 3.99. The van der Waals surface area contributed by atoms with Crippen molar-refractivity contribution in [1.82, 2.24) is 9.62 Å². The maximum Gasteiger partial charge on any atom is 0.244 e. The zero-order valence-corrected chi connectivity index (χ0v) is 14.3. The van der Waals surface area contributed by atoms with E-state index >= 15 is 0 Å². The van der Waals surface area contributed by atoms with Crippen molar-refractivity contribution in [1.29, 1.82) is 0 Å². The van der Waals surface area contributed by atoms with Crippen LogP contribution in [0, 0.1) is 5.92 Å². The predicted octanol–water partition coefficient (Wildman–Crippen LogP) is 1.52. The van der Waals surface area contributed by atoms with E-state index in [2.05, 4.69) is 4.72 Å². The Kier molecular flexibility index (Phi) is 4.00. The molecular formula is C17H22N2O4S. The van der Waals surface area contributed by atoms with E-state index in [1.54, 1.807) is 29.2 Å². The van der Waals surface area contributed by atoms with Crippen LogP contribution in [-0.2, 0) is 14.8 Å². The van der Waals surface area contributed by atoms with Crippen LogP contribution in [0.5, 0.6) is 5.75 Å². The molecule has 0 spiro atoms. The molecule has 0 radical (unpaired) electrons. The summed E-state index contributed by atoms with van der Waals surface area (Å²) in [6.07, 6.45) is 4.96. The molecule has 2 unspecified atom stereocenters. The van der Waals surface area contributed by atoms with E-state index in [1.165, 1.54) is 6.42 Å². The lowest BCUT2D eigenvalue weighted by Gasteiger charge is -2.26. The molecule has 2 fully saturated rings. The van der Waals surface area contributed by atoms with Crippen LogP contribution in [0.3, 0.4) is 0 Å². The maximum absolute atomic E-state index is 12.7. The summed E-state index contributed by atoms with van der Waals surface area (Å²) in [6.45, 7) is 0.823. The van der Waals surface area contributed by atoms with Crippen LogP contribution in [0.2, 0.25) is 0 Å². The molecule has 1 aliphatic carbocycles. The largest absolute Gasteiger partial charge is 0.485 e. The van der Waals surface area contributed by atoms with Gasteiger partial charge in [-0.1, -0.05) is 31.4 Å². The van der Waals surface area contributed by atoms with Gasteiger partial charge in [-0.25, -0.2) is 13.1 Å². The Bertz CT molecular complexity index is 743. The highest BCUT2D eigenvalue weighted by Crippen LogP contribution is 2.32. The molecule has 6 nitrogen and oxygen atoms in total. The summed E-state index contributed by atoms with van der Waals surface area (Å²) < 4.78 is 33.7. The molecule has 130 valence electrons. The first kappa shape index (κ1) is 15.9. The number of benzene rings is 1. The Hall–Kier alpha value is -1.60. The Labute approximate surface area is 142 Å². The number of hydrogen-bond donors (Lipinski definition) is 1. The van der Waals surface area contributed by atoms with Gasteiger partial charge in [0.05, 0.1) is 12.6 Å². The van der Waals surface area contributed by atoms with Crippen LogP contribution in [0.25, 0.3) is 0 Å². The van der Waals surface area contributed by atoms with E-state index in [0.717, 1.165) is 25.7 Å². The van der Waals surface area contributed by atoms with E-state index in [0.29, 0.717) is 18.8 Å². The van der Waals surface area contributed by atoms with Gasteiger partial charge in [-0.3, -0.25) is 4.79 Å². The van der Waals surface area contributed by atoms with Crippen molar-refractivity contribution in [2.75, 3.05) is 13.1 Å². The van der Waals surface area contributed by atoms with Gasteiger partial charge >= 0.3 is 0 Å². The van der Waals surface area contributed by atoms with Crippen molar-refractivity contribution in [3.05, 3.63) is 24.3 Å². The molecule has 0 aromatic heterocycles. The smallest absolute Gasteiger partial charge is 0.244 e. The quantitative estimate of drug-likeness (QED) is 0.833. The van der Waals surface area contributed by atoms with Crippen LogP contribution in [-0.4, -0.2) is 44.5 Å². The fraction of sp³-hybridized carbons (Fsp3) is 0.588. The minimum Gasteiger partial charge on any atom is -0.485 e. The molecule has 7 heteroatoms. The van der Waals surface area contributed by atoms with Gasteiger partial charge in [-0.05, 0) is 25.0 Å². The first-order chi connectivity index (χ1) is 11.5. The van der Waals surface area contributed by atoms with Gasteiger partial charge in [0.25, 0.3) is 0 Å². The number of para-hydroxylation sites is 1. The van der Waals surface area contributed by atoms with Crippen molar-refractivity contribution in [2.45, 2.75) is 49.1 Å². The Morgan fingerprint density at radius 1 is 1.12 bits per heavy atom. The molecule has 1 aromatic carbocycles. The summed E-state index contributed by atoms with van der Waals surface area (Å²) in [5.74, 6) is 0.605. The molecule has 1 N–H and O–H groups in total. The Morgan fingerprint density at radius 2 is 1.88 bits per heavy atom. The summed E-state index contributed by atoms with van der Waals surface area (Å²) in [6, 6.07) is 6.26. The maximum atomic E-state index is 12.7. The molecule has 2 atom stereocenters. The number of carbonyl (C=O) groups is 1. The molecule has 1 aromatic rings. The number of fused-ring (bicyclic) bond motifs is 2. The molecule has 2 aliphatic heterocycles. The van der Waals surface area contributed by atoms with E-state index in [-0.39, 0.29) is 22.8 Å². The van der Waals surface area contributed by atoms with Crippen molar-refractivity contribution in [3.8, 4) is 5.75 Å². The highest BCUT2D eigenvalue weighted by Gasteiger charge is 2.43. The molecule has 2 heterocycles. The average molecular weight is 350 g/mol. The number of hydrogen-bond acceptors (Lipinski definition) is 4. The molecule has 1 saturated carbocycles. The summed E-state index contributed by atoms with van der Waals surface area (Å²) in [5.41, 5.74) is 0. The predicted molar refractivity (Wildman–Crippen MR) is 88.1 cm³/mol. The normalized spacial score (nSPS) is 29.2. The van der Waals surface area contributed by atoms with E-state index in [1.807, 2.05) is 0 Å². The Morgan fingerprint density at radius 3 is 2.67 bits per heavy atom. The van der Waals surface area contributed by atoms with Gasteiger partial charge in [0, 0.05) is 12.5 Å². The zero-order valence-electron chi connectivity index (χ0n) is 13.5. The Balaban J connectivity index is 1.55. The highest BCUT2D eigenvalue weighted by molar-refractivity contribution is 7.89. The number of amides is 1. The molecular weight excluding hydrogens is 328 g/mol. The fourth-order valence-corrected chi connectivity index (χ4v) is 5.38. The second-order valence-corrected chi connectivity index (χ2v) is 8.59. The van der Waals surface area contributed by atoms with Crippen LogP contribution >= 0.6 is 0 Å². The minimum atomic E-state index is -3.62. The number of carbonyl (C=O) groups excluding carboxylic acids is 1. The molecule has 24 heavy (non-hydrogen) atoms. The summed E-state index contributed by atoms with van der Waals surface area (Å²) in [4.78, 5) is 14.7. The standard InChI is InChI=1S/C17H22N2O4S/c20-17(12-6-2-1-3-7-12)19-10-13-15(11-19)23-14-8-4-5-9-16(14)24(21,22)18-13/h4-5,8-9,12-13,15,18H,1-3,6-7,10-11H2. The third kappa shape index (κ3) is 2.80. The number of nitrogens with one attached hydrogen (secondary N) is 1. The van der Waals surface area contributed by atoms with Crippen molar-refractivity contribution < 1.29 is 17.9 Å². The van der Waals surface area contributed by atoms with Gasteiger partial charge in [0.2, 0.25) is 15.9 Å². The average Bonchev–Trinajstić information content (AvgIpc) is 2.92. The number of sulfonamides is 1. The van der Waals surface area contributed by atoms with Gasteiger partial charge in [-0.2, -0.15) is 0 Å². The van der Waals surface area contributed by atoms with Gasteiger partial charge in [0.1, 0.15) is 16.7 Å². The monoisotopic (exact) mass is 350 g/mol. The number of nitrogens with zero attached hydrogens (tertiary/aromatic N) is 1. The number of likely N-dealkylation sites (tertiary alicyclic amines) is 1. The summed E-state index contributed by atoms with van der Waals surface area (Å²) >= 11 is 0. The second-order valence-electron chi connectivity index (χ2n) is 6.91. The van der Waals surface area contributed by atoms with E-state index in [4.69, 9.17) is 4.74 Å². The third-order valence-corrected chi connectivity index (χ3v) is 6.79. The van der Waals surface area contributed by atoms with Crippen LogP contribution in [0.4, 0.5) is 0 Å². The first-order valence-corrected chi connectivity index (χ1v) is 10.1. The second kappa shape index (κ2) is 6.04. The third-order valence-electron chi connectivity index (χ3n) is 5.26. The lowest BCUT2D eigenvalue weighted by molar-refractivity contribution is -0.135. The van der Waals surface area contributed by atoms with Crippen LogP contribution in [0.15, 0.2) is 29.2 Å². The summed E-state index contributed by atoms with van der Waals surface area (Å²) in [7, 11) is -3.62. The molecule has 1 saturated heterocycles. The van der Waals surface area contributed by atoms with Crippen LogP contribution in [0.1, 0.15) is 32.1 Å². The van der Waals surface area contributed by atoms with Crippen LogP contribution < -0.4 is 9.46 Å². The van der Waals surface area contributed by atoms with Gasteiger partial charge < -0.3 is 9.64 Å². The highest BCUT2D eigenvalue weighted by atomic mass is 32.2. The summed E-state index contributed by atoms with van der Waals surface area (Å²) in [5, 5.41) is 0. The van der Waals surface area contributed by atoms with Gasteiger partial charge in [-0.15, -0.1) is 0 Å². The topological polar surface area (TPSA) is 75.7 Å². The van der Waals surface area contributed by atoms with Gasteiger partial charge in [0.15, 0.2) is 0 Å². The number of ether oxygens (including phenoxy) is 1. The molecule has 3 aliphatic rings. The molecule has 4 rings (SSSR count). The van der Waals surface area contributed by atoms with E-state index in [9.17, 15) is 13.2 Å². The van der Waals surface area contributed by atoms with E-state index < -0.39 is 16.1 Å². The SMILES string of the molecule is O=C(C1CCCCC1)N1CC2NS(=O)(=O)c3ccccc3OC2C1. The first-order valence-electron chi connectivity index (χ1n) is 8.61. The minimum absolute atomic E-state index is 0.0879. The zero-order chi connectivity index (χ0) is 16.7. The lowest BCUT2D eigenvalue weighted by Crippen LogP contribution is -2.43. The van der Waals surface area contributed by atoms with Crippen molar-refractivity contribution >= 4 is 15.9 Å². The number of rotatable bonds is 1. The van der Waals surface area contributed by atoms with Crippen molar-refractivity contribution in [3.63, 3.8) is 0 Å². The molecule has 0 bridgehead atoms.